The molecule has 0 saturated carbocycles. The second-order valence-corrected chi connectivity index (χ2v) is 9.25. The number of esters is 6. The van der Waals surface area contributed by atoms with Crippen LogP contribution in [0.15, 0.2) is 0 Å². The fourth-order valence-electron chi connectivity index (χ4n) is 1.92. The molecule has 21 nitrogen and oxygen atoms in total. The van der Waals surface area contributed by atoms with E-state index in [9.17, 15) is 43.2 Å². The van der Waals surface area contributed by atoms with Gasteiger partial charge in [-0.3, -0.25) is 4.79 Å². The Bertz CT molecular complexity index is 1020. The van der Waals surface area contributed by atoms with Crippen LogP contribution in [-0.4, -0.2) is 134 Å². The second kappa shape index (κ2) is 25.2. The Kier molecular flexibility index (Phi) is 26.3. The summed E-state index contributed by atoms with van der Waals surface area (Å²) >= 11 is 0. The van der Waals surface area contributed by atoms with Crippen molar-refractivity contribution in [2.45, 2.75) is 118 Å². The van der Waals surface area contributed by atoms with Crippen molar-refractivity contribution in [3.8, 4) is 0 Å². The standard InChI is InChI=1S/2C9H14O7.C6H8O4.C3H6O2.H2O/c2*1-4(10)8(13)16-6(3)9(14)15-5(2)7(11)12;1-3-5(7)10-4(2)6(8)9-3;1-2-3(4)5;/h2*4-6,10H,1-3H3,(H,11,12);3-4H,1-2H3;2H2,1H3,(H,4,5);1H2. The predicted octanol–water partition coefficient (Wildman–Crippen LogP) is -1.85. The molecular weight excluding hydrogens is 660 g/mol. The minimum Gasteiger partial charge on any atom is -0.481 e. The Morgan fingerprint density at radius 1 is 0.583 bits per heavy atom. The first kappa shape index (κ1) is 50.0. The summed E-state index contributed by atoms with van der Waals surface area (Å²) in [7, 11) is 0. The summed E-state index contributed by atoms with van der Waals surface area (Å²) in [6, 6.07) is 0. The van der Waals surface area contributed by atoms with E-state index < -0.39 is 103 Å². The van der Waals surface area contributed by atoms with Crippen LogP contribution < -0.4 is 0 Å². The van der Waals surface area contributed by atoms with E-state index >= 15 is 0 Å². The third-order valence-electron chi connectivity index (χ3n) is 4.77. The summed E-state index contributed by atoms with van der Waals surface area (Å²) < 4.78 is 27.1. The van der Waals surface area contributed by atoms with Gasteiger partial charge in [0.25, 0.3) is 0 Å². The van der Waals surface area contributed by atoms with Gasteiger partial charge >= 0.3 is 53.7 Å². The van der Waals surface area contributed by atoms with E-state index in [0.29, 0.717) is 0 Å². The minimum atomic E-state index is -1.35. The predicted molar refractivity (Wildman–Crippen MR) is 153 cm³/mol. The smallest absolute Gasteiger partial charge is 0.347 e. The number of carboxylic acid groups (broad SMARTS) is 3. The van der Waals surface area contributed by atoms with E-state index in [2.05, 4.69) is 28.4 Å². The Hall–Kier alpha value is -4.89. The molecule has 1 rings (SSSR count). The maximum absolute atomic E-state index is 11.2. The van der Waals surface area contributed by atoms with Crippen molar-refractivity contribution < 1.29 is 103 Å². The van der Waals surface area contributed by atoms with E-state index in [4.69, 9.17) is 25.5 Å². The molecule has 7 N–H and O–H groups in total. The second-order valence-electron chi connectivity index (χ2n) is 9.25. The first-order valence-electron chi connectivity index (χ1n) is 13.7. The van der Waals surface area contributed by atoms with Gasteiger partial charge in [0.1, 0.15) is 12.2 Å². The Morgan fingerprint density at radius 2 is 0.812 bits per heavy atom. The number of hydrogen-bond acceptors (Lipinski definition) is 17. The fourth-order valence-corrected chi connectivity index (χ4v) is 1.92. The van der Waals surface area contributed by atoms with Crippen molar-refractivity contribution in [1.82, 2.24) is 0 Å². The lowest BCUT2D eigenvalue weighted by Gasteiger charge is -2.22. The summed E-state index contributed by atoms with van der Waals surface area (Å²) in [6.45, 7) is 11.7. The van der Waals surface area contributed by atoms with E-state index in [1.165, 1.54) is 55.4 Å². The zero-order valence-corrected chi connectivity index (χ0v) is 27.7. The minimum absolute atomic E-state index is 0. The van der Waals surface area contributed by atoms with Gasteiger partial charge in [-0.1, -0.05) is 6.92 Å². The summed E-state index contributed by atoms with van der Waals surface area (Å²) in [4.78, 5) is 95.5. The maximum atomic E-state index is 11.2. The largest absolute Gasteiger partial charge is 0.481 e. The van der Waals surface area contributed by atoms with Crippen LogP contribution in [0.1, 0.15) is 68.7 Å². The molecule has 0 radical (unpaired) electrons. The molecule has 0 aromatic carbocycles. The molecule has 1 fully saturated rings. The molecule has 0 aromatic rings. The van der Waals surface area contributed by atoms with Gasteiger partial charge in [0.15, 0.2) is 36.6 Å². The Balaban J connectivity index is -0.000000285. The highest BCUT2D eigenvalue weighted by Gasteiger charge is 2.32. The van der Waals surface area contributed by atoms with Crippen molar-refractivity contribution >= 4 is 53.7 Å². The number of ether oxygens (including phenoxy) is 6. The fraction of sp³-hybridized carbons (Fsp3) is 0.667. The molecule has 0 aromatic heterocycles. The number of aliphatic hydroxyl groups is 2. The SMILES string of the molecule is CC(O)C(=O)OC(C)C(=O)OC(C)C(=O)O.CC(O)C(=O)OC(C)C(=O)OC(C)C(=O)O.CC1OC(=O)C(C)OC1=O.CCC(=O)O.O. The summed E-state index contributed by atoms with van der Waals surface area (Å²) in [5.74, 6) is -8.23. The van der Waals surface area contributed by atoms with Gasteiger partial charge in [-0.15, -0.1) is 0 Å². The first-order chi connectivity index (χ1) is 21.4. The molecule has 1 saturated heterocycles. The van der Waals surface area contributed by atoms with Gasteiger partial charge in [-0.25, -0.2) is 38.4 Å². The van der Waals surface area contributed by atoms with Crippen LogP contribution in [0, 0.1) is 0 Å². The van der Waals surface area contributed by atoms with Gasteiger partial charge in [0.2, 0.25) is 0 Å². The zero-order valence-electron chi connectivity index (χ0n) is 27.7. The number of rotatable bonds is 11. The molecule has 1 aliphatic heterocycles. The summed E-state index contributed by atoms with van der Waals surface area (Å²) in [5.41, 5.74) is 0. The normalized spacial score (nSPS) is 18.1. The summed E-state index contributed by atoms with van der Waals surface area (Å²) in [5, 5.41) is 42.2. The van der Waals surface area contributed by atoms with Gasteiger partial charge < -0.3 is 59.4 Å². The lowest BCUT2D eigenvalue weighted by Crippen LogP contribution is -2.40. The Labute approximate surface area is 274 Å². The van der Waals surface area contributed by atoms with Gasteiger partial charge in [-0.2, -0.15) is 0 Å². The molecule has 0 aliphatic carbocycles. The van der Waals surface area contributed by atoms with E-state index in [0.717, 1.165) is 0 Å². The highest BCUT2D eigenvalue weighted by molar-refractivity contribution is 5.87. The van der Waals surface area contributed by atoms with Crippen LogP contribution in [-0.2, 0) is 71.6 Å². The number of carboxylic acids is 3. The van der Waals surface area contributed by atoms with Crippen molar-refractivity contribution in [1.29, 1.82) is 0 Å². The molecule has 0 amide bonds. The maximum Gasteiger partial charge on any atom is 0.347 e. The van der Waals surface area contributed by atoms with Crippen LogP contribution in [0.3, 0.4) is 0 Å². The molecule has 0 bridgehead atoms. The lowest BCUT2D eigenvalue weighted by molar-refractivity contribution is -0.191. The van der Waals surface area contributed by atoms with Gasteiger partial charge in [-0.05, 0) is 55.4 Å². The molecule has 21 heteroatoms. The van der Waals surface area contributed by atoms with Crippen LogP contribution in [0.25, 0.3) is 0 Å². The quantitative estimate of drug-likeness (QED) is 0.116. The number of aliphatic hydroxyl groups excluding tert-OH is 2. The van der Waals surface area contributed by atoms with Crippen molar-refractivity contribution in [2.24, 2.45) is 0 Å². The average Bonchev–Trinajstić information content (AvgIpc) is 2.96. The van der Waals surface area contributed by atoms with Crippen molar-refractivity contribution in [3.05, 3.63) is 0 Å². The van der Waals surface area contributed by atoms with Crippen LogP contribution in [0.5, 0.6) is 0 Å². The first-order valence-corrected chi connectivity index (χ1v) is 13.7. The van der Waals surface area contributed by atoms with Gasteiger partial charge in [0, 0.05) is 6.42 Å². The molecule has 48 heavy (non-hydrogen) atoms. The highest BCUT2D eigenvalue weighted by atomic mass is 16.6. The topological polar surface area (TPSA) is 342 Å². The molecule has 278 valence electrons. The molecule has 1 heterocycles. The Morgan fingerprint density at radius 3 is 1.00 bits per heavy atom. The molecular formula is C27H44O21. The monoisotopic (exact) mass is 704 g/mol. The van der Waals surface area contributed by atoms with E-state index in [1.54, 1.807) is 6.92 Å². The number of carbonyl (C=O) groups excluding carboxylic acids is 6. The van der Waals surface area contributed by atoms with Crippen molar-refractivity contribution in [2.75, 3.05) is 0 Å². The molecule has 1 aliphatic rings. The highest BCUT2D eigenvalue weighted by Crippen LogP contribution is 2.08. The number of carbonyl (C=O) groups is 9. The summed E-state index contributed by atoms with van der Waals surface area (Å²) in [6.07, 6.45) is -9.14. The molecule has 8 unspecified atom stereocenters. The van der Waals surface area contributed by atoms with Crippen LogP contribution in [0.2, 0.25) is 0 Å². The average molecular weight is 705 g/mol. The zero-order chi connectivity index (χ0) is 37.8. The van der Waals surface area contributed by atoms with Crippen molar-refractivity contribution in [3.63, 3.8) is 0 Å². The van der Waals surface area contributed by atoms with Gasteiger partial charge in [0.05, 0.1) is 0 Å². The van der Waals surface area contributed by atoms with E-state index in [1.807, 2.05) is 0 Å². The third-order valence-corrected chi connectivity index (χ3v) is 4.77. The molecule has 0 spiro atoms. The van der Waals surface area contributed by atoms with Crippen LogP contribution >= 0.6 is 0 Å². The van der Waals surface area contributed by atoms with Crippen LogP contribution in [0.4, 0.5) is 0 Å². The number of aliphatic carboxylic acids is 3. The lowest BCUT2D eigenvalue weighted by atomic mass is 10.3. The molecule has 8 atom stereocenters. The number of cyclic esters (lactones) is 2. The third kappa shape index (κ3) is 23.4. The van der Waals surface area contributed by atoms with E-state index in [-0.39, 0.29) is 11.9 Å². The number of hydrogen-bond donors (Lipinski definition) is 5.